The van der Waals surface area contributed by atoms with Crippen LogP contribution in [0.3, 0.4) is 0 Å². The van der Waals surface area contributed by atoms with Crippen LogP contribution in [0.5, 0.6) is 5.75 Å². The maximum Gasteiger partial charge on any atom is 0.513 e. The fourth-order valence-corrected chi connectivity index (χ4v) is 7.49. The van der Waals surface area contributed by atoms with Crippen LogP contribution in [-0.4, -0.2) is 67.5 Å². The lowest BCUT2D eigenvalue weighted by molar-refractivity contribution is -0.168. The lowest BCUT2D eigenvalue weighted by Gasteiger charge is -2.50. The molecule has 38 heavy (non-hydrogen) atoms. The summed E-state index contributed by atoms with van der Waals surface area (Å²) in [4.78, 5) is 45.4. The van der Waals surface area contributed by atoms with Gasteiger partial charge in [0.15, 0.2) is 0 Å². The average molecular weight is 558 g/mol. The number of aliphatic hydroxyl groups is 1. The molecule has 2 N–H and O–H groups in total. The first-order valence-corrected chi connectivity index (χ1v) is 13.9. The molecule has 2 aliphatic rings. The minimum absolute atomic E-state index is 0.172. The minimum atomic E-state index is -1.27. The number of benzene rings is 1. The van der Waals surface area contributed by atoms with Gasteiger partial charge in [-0.25, -0.2) is 14.6 Å². The molecule has 200 valence electrons. The Balaban J connectivity index is 1.56. The van der Waals surface area contributed by atoms with Crippen LogP contribution in [0.25, 0.3) is 10.4 Å². The summed E-state index contributed by atoms with van der Waals surface area (Å²) in [6, 6.07) is 4.77. The van der Waals surface area contributed by atoms with Crippen molar-refractivity contribution in [3.63, 3.8) is 0 Å². The first-order chi connectivity index (χ1) is 18.0. The summed E-state index contributed by atoms with van der Waals surface area (Å²) in [7, 11) is 0. The molecule has 0 aliphatic carbocycles. The molecule has 3 aromatic rings. The highest BCUT2D eigenvalue weighted by molar-refractivity contribution is 7.98. The largest absolute Gasteiger partial charge is 0.513 e. The summed E-state index contributed by atoms with van der Waals surface area (Å²) in [5, 5.41) is 21.4. The summed E-state index contributed by atoms with van der Waals surface area (Å²) in [5.41, 5.74) is 0.584. The highest BCUT2D eigenvalue weighted by Crippen LogP contribution is 2.58. The normalized spacial score (nSPS) is 23.4. The van der Waals surface area contributed by atoms with Gasteiger partial charge in [-0.1, -0.05) is 25.1 Å². The number of thiazole rings is 1. The molecule has 5 rings (SSSR count). The van der Waals surface area contributed by atoms with Crippen LogP contribution in [0.4, 0.5) is 4.79 Å². The number of aliphatic carboxylic acids is 1. The van der Waals surface area contributed by atoms with Gasteiger partial charge in [-0.05, 0) is 38.2 Å². The van der Waals surface area contributed by atoms with Crippen LogP contribution in [-0.2, 0) is 14.3 Å². The zero-order chi connectivity index (χ0) is 27.5. The number of amides is 1. The smallest absolute Gasteiger partial charge is 0.477 e. The number of imidazole rings is 1. The van der Waals surface area contributed by atoms with E-state index in [1.807, 2.05) is 38.3 Å². The van der Waals surface area contributed by atoms with Crippen molar-refractivity contribution in [3.8, 4) is 5.75 Å². The summed E-state index contributed by atoms with van der Waals surface area (Å²) < 4.78 is 12.9. The van der Waals surface area contributed by atoms with Gasteiger partial charge in [0.1, 0.15) is 34.2 Å². The molecule has 0 spiro atoms. The van der Waals surface area contributed by atoms with Crippen molar-refractivity contribution in [3.05, 3.63) is 52.4 Å². The second-order valence-corrected chi connectivity index (χ2v) is 11.6. The number of fused-ring (bicyclic) bond motifs is 2. The van der Waals surface area contributed by atoms with Crippen LogP contribution in [0.15, 0.2) is 41.4 Å². The summed E-state index contributed by atoms with van der Waals surface area (Å²) >= 11 is 2.81. The number of carboxylic acids is 1. The molecule has 0 bridgehead atoms. The minimum Gasteiger partial charge on any atom is -0.477 e. The molecule has 2 aliphatic heterocycles. The van der Waals surface area contributed by atoms with E-state index in [0.717, 1.165) is 21.0 Å². The molecule has 1 fully saturated rings. The predicted octanol–water partition coefficient (Wildman–Crippen LogP) is 3.97. The van der Waals surface area contributed by atoms with Crippen molar-refractivity contribution in [2.75, 3.05) is 12.9 Å². The van der Waals surface area contributed by atoms with Gasteiger partial charge < -0.3 is 24.6 Å². The molecular weight excluding hydrogens is 530 g/mol. The van der Waals surface area contributed by atoms with Crippen LogP contribution in [0, 0.1) is 25.2 Å². The molecule has 4 atom stereocenters. The molecule has 4 heterocycles. The van der Waals surface area contributed by atoms with E-state index in [1.54, 1.807) is 23.8 Å². The Labute approximate surface area is 226 Å². The molecule has 10 nitrogen and oxygen atoms in total. The van der Waals surface area contributed by atoms with Crippen LogP contribution in [0.2, 0.25) is 0 Å². The fraction of sp³-hybridized carbons (Fsp3) is 0.385. The number of aromatic nitrogens is 2. The van der Waals surface area contributed by atoms with Gasteiger partial charge in [-0.3, -0.25) is 9.20 Å². The lowest BCUT2D eigenvalue weighted by Crippen LogP contribution is -2.66. The first-order valence-electron chi connectivity index (χ1n) is 11.9. The van der Waals surface area contributed by atoms with E-state index in [9.17, 15) is 24.6 Å². The number of nitrogens with zero attached hydrogens (tertiary/aromatic N) is 3. The first kappa shape index (κ1) is 26.3. The Bertz CT molecular complexity index is 1490. The van der Waals surface area contributed by atoms with Crippen molar-refractivity contribution in [1.82, 2.24) is 14.3 Å². The number of carbonyl (C=O) groups is 3. The number of aliphatic hydroxyl groups excluding tert-OH is 1. The number of ether oxygens (including phenoxy) is 2. The van der Waals surface area contributed by atoms with Gasteiger partial charge in [0.05, 0.1) is 28.4 Å². The topological polar surface area (TPSA) is 131 Å². The fourth-order valence-electron chi connectivity index (χ4n) is 5.53. The van der Waals surface area contributed by atoms with Crippen LogP contribution >= 0.6 is 23.1 Å². The van der Waals surface area contributed by atoms with Gasteiger partial charge in [0, 0.05) is 11.8 Å². The number of carbonyl (C=O) groups excluding carboxylic acids is 2. The molecule has 0 unspecified atom stereocenters. The van der Waals surface area contributed by atoms with Gasteiger partial charge in [-0.15, -0.1) is 23.1 Å². The Morgan fingerprint density at radius 3 is 2.58 bits per heavy atom. The highest BCUT2D eigenvalue weighted by atomic mass is 32.2. The van der Waals surface area contributed by atoms with Gasteiger partial charge in [0.2, 0.25) is 5.91 Å². The average Bonchev–Trinajstić information content (AvgIpc) is 3.48. The summed E-state index contributed by atoms with van der Waals surface area (Å²) in [6.07, 6.45) is 3.35. The van der Waals surface area contributed by atoms with Gasteiger partial charge >= 0.3 is 12.1 Å². The number of aryl methyl sites for hydroxylation is 2. The monoisotopic (exact) mass is 557 g/mol. The third-order valence-electron chi connectivity index (χ3n) is 7.27. The molecule has 1 aromatic carbocycles. The number of rotatable bonds is 7. The Hall–Kier alpha value is -3.35. The van der Waals surface area contributed by atoms with E-state index >= 15 is 0 Å². The third kappa shape index (κ3) is 3.89. The Morgan fingerprint density at radius 1 is 1.29 bits per heavy atom. The molecule has 12 heteroatoms. The second-order valence-electron chi connectivity index (χ2n) is 9.79. The van der Waals surface area contributed by atoms with Gasteiger partial charge in [-0.2, -0.15) is 0 Å². The number of carboxylic acid groups (broad SMARTS) is 1. The second kappa shape index (κ2) is 9.44. The number of hydrogen-bond acceptors (Lipinski definition) is 9. The van der Waals surface area contributed by atoms with Crippen molar-refractivity contribution >= 4 is 51.5 Å². The van der Waals surface area contributed by atoms with Crippen LogP contribution < -0.4 is 4.74 Å². The highest BCUT2D eigenvalue weighted by Gasteiger charge is 2.67. The van der Waals surface area contributed by atoms with Crippen molar-refractivity contribution in [1.29, 1.82) is 0 Å². The van der Waals surface area contributed by atoms with E-state index in [4.69, 9.17) is 9.47 Å². The standard InChI is InChI=1S/C26H27N3O7S2/c1-12-7-6-8-13(2)19(12)36-25(34)35-10-26(4)17(15-9-28-11-27-21(37-5)23(28)38-15)18(24(32)33)29-20(26)16(14(3)30)22(29)31/h6-9,11,14,16,20,30H,10H2,1-5H3,(H,32,33)/t14-,16-,20-,26+/m1/s1. The van der Waals surface area contributed by atoms with E-state index in [0.29, 0.717) is 16.2 Å². The number of para-hydroxylation sites is 1. The molecule has 2 aromatic heterocycles. The number of β-lactam (4-membered cyclic amide) rings is 1. The van der Waals surface area contributed by atoms with E-state index < -0.39 is 41.5 Å². The van der Waals surface area contributed by atoms with Gasteiger partial charge in [0.25, 0.3) is 0 Å². The molecule has 0 radical (unpaired) electrons. The molecule has 0 saturated carbocycles. The Kier molecular flexibility index (Phi) is 6.52. The molecular formula is C26H27N3O7S2. The summed E-state index contributed by atoms with van der Waals surface area (Å²) in [6.45, 7) is 6.62. The maximum absolute atomic E-state index is 13.1. The molecule has 1 saturated heterocycles. The summed E-state index contributed by atoms with van der Waals surface area (Å²) in [5.74, 6) is -2.20. The quantitative estimate of drug-likeness (QED) is 0.192. The SMILES string of the molecule is CSc1ncn2cc(C3=C(C(=O)O)N4C(=O)[C@H]([C@@H](C)O)[C@@H]4[C@@]3(C)COC(=O)Oc3c(C)cccc3C)sc12. The van der Waals surface area contributed by atoms with E-state index in [2.05, 4.69) is 4.98 Å². The number of thioether (sulfide) groups is 1. The molecule has 1 amide bonds. The zero-order valence-electron chi connectivity index (χ0n) is 21.4. The van der Waals surface area contributed by atoms with Crippen LogP contribution in [0.1, 0.15) is 29.9 Å². The lowest BCUT2D eigenvalue weighted by atomic mass is 9.67. The van der Waals surface area contributed by atoms with Crippen molar-refractivity contribution in [2.24, 2.45) is 11.3 Å². The predicted molar refractivity (Wildman–Crippen MR) is 141 cm³/mol. The zero-order valence-corrected chi connectivity index (χ0v) is 23.1. The van der Waals surface area contributed by atoms with E-state index in [-0.39, 0.29) is 12.3 Å². The third-order valence-corrected chi connectivity index (χ3v) is 9.21. The Morgan fingerprint density at radius 2 is 1.97 bits per heavy atom. The number of hydrogen-bond donors (Lipinski definition) is 2. The maximum atomic E-state index is 13.1. The van der Waals surface area contributed by atoms with Crippen molar-refractivity contribution in [2.45, 2.75) is 44.9 Å². The van der Waals surface area contributed by atoms with E-state index in [1.165, 1.54) is 34.9 Å². The van der Waals surface area contributed by atoms with Crippen molar-refractivity contribution < 1.29 is 34.1 Å².